The molecule has 12 heteroatoms. The molecular formula is C17H19F3N4O4S. The van der Waals surface area contributed by atoms with Gasteiger partial charge in [0.2, 0.25) is 0 Å². The topological polar surface area (TPSA) is 84.7 Å². The molecule has 0 bridgehead atoms. The number of aromatic nitrogens is 2. The summed E-state index contributed by atoms with van der Waals surface area (Å²) < 4.78 is 69.2. The van der Waals surface area contributed by atoms with Crippen molar-refractivity contribution in [2.75, 3.05) is 26.2 Å². The second kappa shape index (κ2) is 8.03. The van der Waals surface area contributed by atoms with Crippen LogP contribution in [0.15, 0.2) is 41.8 Å². The number of nitrogens with zero attached hydrogens (tertiary/aromatic N) is 4. The molecule has 0 aliphatic carbocycles. The van der Waals surface area contributed by atoms with Gasteiger partial charge in [0.15, 0.2) is 5.03 Å². The van der Waals surface area contributed by atoms with Gasteiger partial charge in [-0.2, -0.15) is 4.31 Å². The number of halogens is 3. The van der Waals surface area contributed by atoms with E-state index in [9.17, 15) is 26.4 Å². The lowest BCUT2D eigenvalue weighted by molar-refractivity contribution is -0.274. The quantitative estimate of drug-likeness (QED) is 0.736. The fraction of sp³-hybridized carbons (Fsp3) is 0.412. The van der Waals surface area contributed by atoms with Crippen molar-refractivity contribution in [3.05, 3.63) is 42.4 Å². The van der Waals surface area contributed by atoms with Crippen molar-refractivity contribution < 1.29 is 31.1 Å². The Kier molecular flexibility index (Phi) is 5.85. The molecule has 1 aromatic carbocycles. The molecule has 2 heterocycles. The number of ether oxygens (including phenoxy) is 1. The molecule has 1 saturated heterocycles. The smallest absolute Gasteiger partial charge is 0.406 e. The van der Waals surface area contributed by atoms with E-state index in [1.807, 2.05) is 0 Å². The second-order valence-electron chi connectivity index (χ2n) is 6.50. The molecule has 3 rings (SSSR count). The van der Waals surface area contributed by atoms with Crippen molar-refractivity contribution >= 4 is 15.9 Å². The number of sulfonamides is 1. The summed E-state index contributed by atoms with van der Waals surface area (Å²) in [6.45, 7) is 0.649. The SMILES string of the molecule is Cn1cnc(S(=O)(=O)N2CCCN(C(=O)c3cccc(OC(F)(F)F)c3)CC2)c1. The number of carbonyl (C=O) groups is 1. The van der Waals surface area contributed by atoms with Crippen molar-refractivity contribution in [1.82, 2.24) is 18.8 Å². The highest BCUT2D eigenvalue weighted by Gasteiger charge is 2.32. The van der Waals surface area contributed by atoms with Gasteiger partial charge in [0.1, 0.15) is 5.75 Å². The van der Waals surface area contributed by atoms with Gasteiger partial charge in [-0.15, -0.1) is 13.2 Å². The highest BCUT2D eigenvalue weighted by Crippen LogP contribution is 2.24. The molecule has 0 atom stereocenters. The number of imidazole rings is 1. The van der Waals surface area contributed by atoms with Crippen LogP contribution in [0.25, 0.3) is 0 Å². The summed E-state index contributed by atoms with van der Waals surface area (Å²) in [5.74, 6) is -0.979. The number of rotatable bonds is 4. The number of alkyl halides is 3. The summed E-state index contributed by atoms with van der Waals surface area (Å²) in [5.41, 5.74) is 0.0350. The third-order valence-corrected chi connectivity index (χ3v) is 6.13. The molecule has 1 amide bonds. The van der Waals surface area contributed by atoms with Crippen LogP contribution in [0.2, 0.25) is 0 Å². The minimum atomic E-state index is -4.86. The van der Waals surface area contributed by atoms with Crippen LogP contribution < -0.4 is 4.74 Å². The zero-order valence-electron chi connectivity index (χ0n) is 15.5. The van der Waals surface area contributed by atoms with Crippen molar-refractivity contribution in [2.45, 2.75) is 17.8 Å². The lowest BCUT2D eigenvalue weighted by atomic mass is 10.2. The van der Waals surface area contributed by atoms with E-state index < -0.39 is 28.0 Å². The van der Waals surface area contributed by atoms with Gasteiger partial charge in [0, 0.05) is 45.0 Å². The highest BCUT2D eigenvalue weighted by atomic mass is 32.2. The number of aryl methyl sites for hydroxylation is 1. The number of benzene rings is 1. The predicted molar refractivity (Wildman–Crippen MR) is 95.6 cm³/mol. The van der Waals surface area contributed by atoms with Gasteiger partial charge < -0.3 is 14.2 Å². The minimum Gasteiger partial charge on any atom is -0.406 e. The Labute approximate surface area is 165 Å². The maximum atomic E-state index is 12.7. The van der Waals surface area contributed by atoms with E-state index in [1.54, 1.807) is 7.05 Å². The van der Waals surface area contributed by atoms with E-state index in [0.29, 0.717) is 6.42 Å². The Morgan fingerprint density at radius 2 is 1.93 bits per heavy atom. The van der Waals surface area contributed by atoms with E-state index in [1.165, 1.54) is 38.4 Å². The van der Waals surface area contributed by atoms with Crippen molar-refractivity contribution in [3.8, 4) is 5.75 Å². The first kappa shape index (κ1) is 21.1. The molecule has 0 saturated carbocycles. The largest absolute Gasteiger partial charge is 0.573 e. The summed E-state index contributed by atoms with van der Waals surface area (Å²) in [5, 5.41) is -0.0724. The van der Waals surface area contributed by atoms with Gasteiger partial charge in [0.05, 0.1) is 6.33 Å². The van der Waals surface area contributed by atoms with E-state index in [-0.39, 0.29) is 36.8 Å². The van der Waals surface area contributed by atoms with Gasteiger partial charge in [-0.3, -0.25) is 4.79 Å². The average molecular weight is 432 g/mol. The van der Waals surface area contributed by atoms with Crippen molar-refractivity contribution in [1.29, 1.82) is 0 Å². The van der Waals surface area contributed by atoms with Gasteiger partial charge >= 0.3 is 6.36 Å². The number of carbonyl (C=O) groups excluding carboxylic acids is 1. The Balaban J connectivity index is 1.71. The molecule has 1 aliphatic rings. The van der Waals surface area contributed by atoms with Crippen molar-refractivity contribution in [2.24, 2.45) is 7.05 Å². The summed E-state index contributed by atoms with van der Waals surface area (Å²) in [7, 11) is -2.13. The normalized spacial score (nSPS) is 16.5. The third kappa shape index (κ3) is 5.07. The summed E-state index contributed by atoms with van der Waals surface area (Å²) >= 11 is 0. The zero-order chi connectivity index (χ0) is 21.2. The van der Waals surface area contributed by atoms with Crippen LogP contribution in [-0.4, -0.2) is 65.6 Å². The van der Waals surface area contributed by atoms with E-state index in [0.717, 1.165) is 12.1 Å². The number of amides is 1. The summed E-state index contributed by atoms with van der Waals surface area (Å²) in [4.78, 5) is 18.0. The van der Waals surface area contributed by atoms with E-state index >= 15 is 0 Å². The van der Waals surface area contributed by atoms with Crippen LogP contribution in [-0.2, 0) is 17.1 Å². The zero-order valence-corrected chi connectivity index (χ0v) is 16.3. The lowest BCUT2D eigenvalue weighted by Crippen LogP contribution is -2.37. The maximum Gasteiger partial charge on any atom is 0.573 e. The van der Waals surface area contributed by atoms with E-state index in [2.05, 4.69) is 9.72 Å². The molecule has 1 aromatic heterocycles. The Hall–Kier alpha value is -2.60. The molecule has 158 valence electrons. The first-order valence-corrected chi connectivity index (χ1v) is 10.1. The molecule has 8 nitrogen and oxygen atoms in total. The van der Waals surface area contributed by atoms with Crippen LogP contribution in [0.4, 0.5) is 13.2 Å². The third-order valence-electron chi connectivity index (χ3n) is 4.34. The number of hydrogen-bond donors (Lipinski definition) is 0. The van der Waals surface area contributed by atoms with Gasteiger partial charge in [0.25, 0.3) is 15.9 Å². The molecule has 0 N–H and O–H groups in total. The van der Waals surface area contributed by atoms with Crippen LogP contribution in [0.5, 0.6) is 5.75 Å². The standard InChI is InChI=1S/C17H19F3N4O4S/c1-22-11-15(21-12-22)29(26,27)24-7-3-6-23(8-9-24)16(25)13-4-2-5-14(10-13)28-17(18,19)20/h2,4-5,10-12H,3,6-9H2,1H3. The molecule has 1 aliphatic heterocycles. The van der Waals surface area contributed by atoms with Gasteiger partial charge in [-0.1, -0.05) is 6.07 Å². The molecule has 0 unspecified atom stereocenters. The van der Waals surface area contributed by atoms with Crippen molar-refractivity contribution in [3.63, 3.8) is 0 Å². The monoisotopic (exact) mass is 432 g/mol. The maximum absolute atomic E-state index is 12.7. The Morgan fingerprint density at radius 1 is 1.17 bits per heavy atom. The predicted octanol–water partition coefficient (Wildman–Crippen LogP) is 1.86. The first-order chi connectivity index (χ1) is 13.6. The summed E-state index contributed by atoms with van der Waals surface area (Å²) in [6, 6.07) is 4.81. The van der Waals surface area contributed by atoms with Crippen LogP contribution in [0.3, 0.4) is 0 Å². The van der Waals surface area contributed by atoms with Gasteiger partial charge in [-0.05, 0) is 24.6 Å². The van der Waals surface area contributed by atoms with Crippen LogP contribution in [0, 0.1) is 0 Å². The minimum absolute atomic E-state index is 0.0350. The molecule has 2 aromatic rings. The highest BCUT2D eigenvalue weighted by molar-refractivity contribution is 7.89. The fourth-order valence-corrected chi connectivity index (χ4v) is 4.44. The van der Waals surface area contributed by atoms with Crippen LogP contribution >= 0.6 is 0 Å². The first-order valence-electron chi connectivity index (χ1n) is 8.69. The Bertz CT molecular complexity index is 991. The molecule has 0 radical (unpaired) electrons. The molecule has 29 heavy (non-hydrogen) atoms. The fourth-order valence-electron chi connectivity index (χ4n) is 3.00. The Morgan fingerprint density at radius 3 is 2.59 bits per heavy atom. The molecule has 1 fully saturated rings. The second-order valence-corrected chi connectivity index (χ2v) is 8.39. The van der Waals surface area contributed by atoms with Crippen LogP contribution in [0.1, 0.15) is 16.8 Å². The molecular weight excluding hydrogens is 413 g/mol. The number of hydrogen-bond acceptors (Lipinski definition) is 5. The van der Waals surface area contributed by atoms with E-state index in [4.69, 9.17) is 0 Å². The molecule has 0 spiro atoms. The van der Waals surface area contributed by atoms with Gasteiger partial charge in [-0.25, -0.2) is 13.4 Å². The summed E-state index contributed by atoms with van der Waals surface area (Å²) in [6.07, 6.45) is -1.69. The average Bonchev–Trinajstić information content (AvgIpc) is 2.93. The lowest BCUT2D eigenvalue weighted by Gasteiger charge is -2.21.